The van der Waals surface area contributed by atoms with Crippen LogP contribution in [0.25, 0.3) is 11.0 Å². The number of aliphatic hydroxyl groups is 1. The van der Waals surface area contributed by atoms with Crippen LogP contribution in [0.4, 0.5) is 5.69 Å². The highest BCUT2D eigenvalue weighted by molar-refractivity contribution is 6.16. The molecule has 32 heavy (non-hydrogen) atoms. The highest BCUT2D eigenvalue weighted by Gasteiger charge is 2.44. The highest BCUT2D eigenvalue weighted by atomic mass is 16.5. The monoisotopic (exact) mass is 434 g/mol. The quantitative estimate of drug-likeness (QED) is 0.424. The number of fused-ring (bicyclic) bond motifs is 1. The SMILES string of the molecule is COCCCN1C(=O)C(O)=C(C(=O)c2cc3ccccc3o2)C1c1ccc(N(C)C)cc1. The summed E-state index contributed by atoms with van der Waals surface area (Å²) in [6.45, 7) is 0.803. The number of amides is 1. The first-order valence-electron chi connectivity index (χ1n) is 10.5. The molecule has 0 saturated heterocycles. The van der Waals surface area contributed by atoms with E-state index in [9.17, 15) is 14.7 Å². The van der Waals surface area contributed by atoms with Crippen LogP contribution in [0.5, 0.6) is 0 Å². The van der Waals surface area contributed by atoms with Crippen molar-refractivity contribution in [2.24, 2.45) is 0 Å². The number of hydrogen-bond donors (Lipinski definition) is 1. The van der Waals surface area contributed by atoms with Crippen LogP contribution in [-0.4, -0.2) is 56.1 Å². The Morgan fingerprint density at radius 2 is 1.88 bits per heavy atom. The number of carbonyl (C=O) groups excluding carboxylic acids is 2. The lowest BCUT2D eigenvalue weighted by molar-refractivity contribution is -0.129. The zero-order valence-corrected chi connectivity index (χ0v) is 18.4. The third kappa shape index (κ3) is 3.87. The number of ketones is 1. The number of methoxy groups -OCH3 is 1. The van der Waals surface area contributed by atoms with Crippen LogP contribution in [0.3, 0.4) is 0 Å². The van der Waals surface area contributed by atoms with Crippen LogP contribution in [0.2, 0.25) is 0 Å². The Balaban J connectivity index is 1.76. The minimum Gasteiger partial charge on any atom is -0.503 e. The second-order valence-corrected chi connectivity index (χ2v) is 7.97. The van der Waals surface area contributed by atoms with Gasteiger partial charge in [-0.2, -0.15) is 0 Å². The molecule has 2 heterocycles. The van der Waals surface area contributed by atoms with Crippen LogP contribution < -0.4 is 4.90 Å². The highest BCUT2D eigenvalue weighted by Crippen LogP contribution is 2.40. The van der Waals surface area contributed by atoms with E-state index in [4.69, 9.17) is 9.15 Å². The molecule has 1 aliphatic heterocycles. The molecule has 1 atom stereocenters. The Bertz CT molecular complexity index is 1140. The van der Waals surface area contributed by atoms with Gasteiger partial charge in [0.15, 0.2) is 11.5 Å². The predicted octanol–water partition coefficient (Wildman–Crippen LogP) is 4.11. The van der Waals surface area contributed by atoms with Crippen LogP contribution in [-0.2, 0) is 9.53 Å². The molecule has 1 N–H and O–H groups in total. The van der Waals surface area contributed by atoms with Gasteiger partial charge in [-0.3, -0.25) is 9.59 Å². The molecule has 0 spiro atoms. The molecule has 2 aromatic carbocycles. The van der Waals surface area contributed by atoms with E-state index in [1.807, 2.05) is 61.5 Å². The number of hydrogen-bond acceptors (Lipinski definition) is 6. The number of Topliss-reactive ketones (excluding diaryl/α,β-unsaturated/α-hetero) is 1. The largest absolute Gasteiger partial charge is 0.503 e. The van der Waals surface area contributed by atoms with Gasteiger partial charge in [0.25, 0.3) is 5.91 Å². The topological polar surface area (TPSA) is 83.2 Å². The summed E-state index contributed by atoms with van der Waals surface area (Å²) >= 11 is 0. The van der Waals surface area contributed by atoms with E-state index in [0.717, 1.165) is 16.6 Å². The van der Waals surface area contributed by atoms with Crippen LogP contribution in [0, 0.1) is 0 Å². The molecule has 0 radical (unpaired) electrons. The summed E-state index contributed by atoms with van der Waals surface area (Å²) in [4.78, 5) is 29.9. The number of carbonyl (C=O) groups is 2. The summed E-state index contributed by atoms with van der Waals surface area (Å²) in [7, 11) is 5.47. The van der Waals surface area contributed by atoms with Gasteiger partial charge in [0.2, 0.25) is 5.78 Å². The lowest BCUT2D eigenvalue weighted by Gasteiger charge is -2.27. The summed E-state index contributed by atoms with van der Waals surface area (Å²) in [5, 5.41) is 11.5. The van der Waals surface area contributed by atoms with E-state index in [1.54, 1.807) is 19.2 Å². The molecule has 1 amide bonds. The fourth-order valence-corrected chi connectivity index (χ4v) is 4.02. The molecule has 1 aliphatic rings. The number of aliphatic hydroxyl groups excluding tert-OH is 1. The number of nitrogens with zero attached hydrogens (tertiary/aromatic N) is 2. The van der Waals surface area contributed by atoms with Crippen molar-refractivity contribution in [3.63, 3.8) is 0 Å². The molecule has 0 aliphatic carbocycles. The Morgan fingerprint density at radius 1 is 1.16 bits per heavy atom. The molecule has 166 valence electrons. The van der Waals surface area contributed by atoms with Crippen molar-refractivity contribution in [3.8, 4) is 0 Å². The average Bonchev–Trinajstić information content (AvgIpc) is 3.33. The predicted molar refractivity (Wildman–Crippen MR) is 122 cm³/mol. The number of furan rings is 1. The molecule has 0 saturated carbocycles. The maximum atomic E-state index is 13.5. The zero-order chi connectivity index (χ0) is 22.8. The second-order valence-electron chi connectivity index (χ2n) is 7.97. The Hall–Kier alpha value is -3.58. The van der Waals surface area contributed by atoms with E-state index in [-0.39, 0.29) is 11.3 Å². The fourth-order valence-electron chi connectivity index (χ4n) is 4.02. The lowest BCUT2D eigenvalue weighted by Crippen LogP contribution is -2.32. The van der Waals surface area contributed by atoms with E-state index < -0.39 is 23.5 Å². The molecule has 3 aromatic rings. The van der Waals surface area contributed by atoms with Crippen LogP contribution in [0.15, 0.2) is 70.3 Å². The van der Waals surface area contributed by atoms with Crippen molar-refractivity contribution in [3.05, 3.63) is 77.3 Å². The first kappa shape index (κ1) is 21.6. The molecular weight excluding hydrogens is 408 g/mol. The van der Waals surface area contributed by atoms with Gasteiger partial charge in [0, 0.05) is 45.4 Å². The summed E-state index contributed by atoms with van der Waals surface area (Å²) in [5.41, 5.74) is 2.33. The van der Waals surface area contributed by atoms with E-state index >= 15 is 0 Å². The van der Waals surface area contributed by atoms with Gasteiger partial charge in [-0.25, -0.2) is 0 Å². The van der Waals surface area contributed by atoms with Crippen molar-refractivity contribution in [2.45, 2.75) is 12.5 Å². The number of para-hydroxylation sites is 1. The van der Waals surface area contributed by atoms with Gasteiger partial charge >= 0.3 is 0 Å². The first-order valence-corrected chi connectivity index (χ1v) is 10.5. The van der Waals surface area contributed by atoms with Gasteiger partial charge in [0.1, 0.15) is 5.58 Å². The normalized spacial score (nSPS) is 16.3. The van der Waals surface area contributed by atoms with Crippen LogP contribution >= 0.6 is 0 Å². The fraction of sp³-hybridized carbons (Fsp3) is 0.280. The number of benzene rings is 2. The molecule has 7 heteroatoms. The molecule has 1 unspecified atom stereocenters. The summed E-state index contributed by atoms with van der Waals surface area (Å²) in [6.07, 6.45) is 0.577. The minimum atomic E-state index is -0.712. The third-order valence-corrected chi connectivity index (χ3v) is 5.67. The van der Waals surface area contributed by atoms with E-state index in [2.05, 4.69) is 0 Å². The maximum absolute atomic E-state index is 13.5. The Labute approximate surface area is 186 Å². The molecule has 7 nitrogen and oxygen atoms in total. The standard InChI is InChI=1S/C25H26N2O5/c1-26(2)18-11-9-16(10-12-18)22-21(24(29)25(30)27(22)13-6-14-31-3)23(28)20-15-17-7-4-5-8-19(17)32-20/h4-5,7-12,15,22,29H,6,13-14H2,1-3H3. The maximum Gasteiger partial charge on any atom is 0.290 e. The molecule has 4 rings (SSSR count). The molecular formula is C25H26N2O5. The molecule has 1 aromatic heterocycles. The summed E-state index contributed by atoms with van der Waals surface area (Å²) < 4.78 is 10.9. The van der Waals surface area contributed by atoms with E-state index in [0.29, 0.717) is 25.2 Å². The van der Waals surface area contributed by atoms with Gasteiger partial charge in [0.05, 0.1) is 11.6 Å². The van der Waals surface area contributed by atoms with Gasteiger partial charge < -0.3 is 24.1 Å². The smallest absolute Gasteiger partial charge is 0.290 e. The summed E-state index contributed by atoms with van der Waals surface area (Å²) in [6, 6.07) is 15.8. The first-order chi connectivity index (χ1) is 15.4. The lowest BCUT2D eigenvalue weighted by atomic mass is 9.94. The van der Waals surface area contributed by atoms with Crippen molar-refractivity contribution >= 4 is 28.3 Å². The minimum absolute atomic E-state index is 0.0316. The van der Waals surface area contributed by atoms with Gasteiger partial charge in [-0.1, -0.05) is 30.3 Å². The second kappa shape index (κ2) is 8.88. The number of anilines is 1. The number of rotatable bonds is 8. The van der Waals surface area contributed by atoms with E-state index in [1.165, 1.54) is 4.90 Å². The molecule has 0 fully saturated rings. The summed E-state index contributed by atoms with van der Waals surface area (Å²) in [5.74, 6) is -1.51. The molecule has 0 bridgehead atoms. The van der Waals surface area contributed by atoms with Gasteiger partial charge in [-0.15, -0.1) is 0 Å². The Kier molecular flexibility index (Phi) is 6.01. The van der Waals surface area contributed by atoms with Gasteiger partial charge in [-0.05, 0) is 36.2 Å². The number of ether oxygens (including phenoxy) is 1. The van der Waals surface area contributed by atoms with Crippen molar-refractivity contribution < 1.29 is 23.8 Å². The van der Waals surface area contributed by atoms with Crippen molar-refractivity contribution in [1.29, 1.82) is 0 Å². The van der Waals surface area contributed by atoms with Crippen LogP contribution in [0.1, 0.15) is 28.6 Å². The average molecular weight is 434 g/mol. The Morgan fingerprint density at radius 3 is 2.53 bits per heavy atom. The third-order valence-electron chi connectivity index (χ3n) is 5.67. The van der Waals surface area contributed by atoms with Crippen molar-refractivity contribution in [1.82, 2.24) is 4.90 Å². The zero-order valence-electron chi connectivity index (χ0n) is 18.4. The van der Waals surface area contributed by atoms with Crippen molar-refractivity contribution in [2.75, 3.05) is 39.3 Å².